The Balaban J connectivity index is 2.35. The van der Waals surface area contributed by atoms with Crippen LogP contribution in [0.2, 0.25) is 0 Å². The van der Waals surface area contributed by atoms with E-state index in [2.05, 4.69) is 5.32 Å². The van der Waals surface area contributed by atoms with Crippen molar-refractivity contribution in [2.45, 2.75) is 25.3 Å². The zero-order chi connectivity index (χ0) is 15.4. The van der Waals surface area contributed by atoms with Crippen LogP contribution in [-0.2, 0) is 4.79 Å². The largest absolute Gasteiger partial charge is 0.496 e. The zero-order valence-electron chi connectivity index (χ0n) is 12.4. The number of benzene rings is 1. The number of carbonyl (C=O) groups excluding carboxylic acids is 2. The molecule has 0 saturated carbocycles. The van der Waals surface area contributed by atoms with E-state index in [0.29, 0.717) is 30.0 Å². The van der Waals surface area contributed by atoms with Gasteiger partial charge < -0.3 is 20.7 Å². The summed E-state index contributed by atoms with van der Waals surface area (Å²) in [6, 6.07) is 4.65. The van der Waals surface area contributed by atoms with Gasteiger partial charge in [0, 0.05) is 19.3 Å². The van der Waals surface area contributed by atoms with Crippen LogP contribution in [0.5, 0.6) is 5.75 Å². The van der Waals surface area contributed by atoms with Crippen molar-refractivity contribution in [2.24, 2.45) is 0 Å². The molecule has 2 amide bonds. The number of carbonyl (C=O) groups is 2. The molecule has 1 aromatic carbocycles. The maximum absolute atomic E-state index is 12.8. The highest BCUT2D eigenvalue weighted by Crippen LogP contribution is 2.28. The van der Waals surface area contributed by atoms with Crippen molar-refractivity contribution in [2.75, 3.05) is 26.4 Å². The molecular weight excluding hydrogens is 270 g/mol. The molecule has 1 aliphatic heterocycles. The molecule has 1 atom stereocenters. The molecule has 1 heterocycles. The van der Waals surface area contributed by atoms with Crippen LogP contribution in [0, 0.1) is 0 Å². The van der Waals surface area contributed by atoms with Crippen LogP contribution in [-0.4, -0.2) is 43.5 Å². The SMILES string of the molecule is CNC(=O)C1CCCCN1C(=O)c1c(N)cccc1OC. The van der Waals surface area contributed by atoms with Gasteiger partial charge in [-0.05, 0) is 31.4 Å². The summed E-state index contributed by atoms with van der Waals surface area (Å²) in [6.07, 6.45) is 2.48. The molecular formula is C15H21N3O3. The molecule has 1 aliphatic rings. The van der Waals surface area contributed by atoms with Crippen LogP contribution in [0.4, 0.5) is 5.69 Å². The molecule has 114 valence electrons. The van der Waals surface area contributed by atoms with Gasteiger partial charge in [-0.3, -0.25) is 9.59 Å². The summed E-state index contributed by atoms with van der Waals surface area (Å²) in [5.41, 5.74) is 6.62. The lowest BCUT2D eigenvalue weighted by Crippen LogP contribution is -2.51. The highest BCUT2D eigenvalue weighted by molar-refractivity contribution is 6.03. The number of amides is 2. The molecule has 1 aromatic rings. The maximum Gasteiger partial charge on any atom is 0.260 e. The van der Waals surface area contributed by atoms with E-state index in [4.69, 9.17) is 10.5 Å². The van der Waals surface area contributed by atoms with E-state index in [-0.39, 0.29) is 11.8 Å². The second kappa shape index (κ2) is 6.47. The van der Waals surface area contributed by atoms with E-state index in [1.807, 2.05) is 0 Å². The summed E-state index contributed by atoms with van der Waals surface area (Å²) in [7, 11) is 3.08. The van der Waals surface area contributed by atoms with Gasteiger partial charge in [-0.1, -0.05) is 6.07 Å². The quantitative estimate of drug-likeness (QED) is 0.814. The summed E-state index contributed by atoms with van der Waals surface area (Å²) in [6.45, 7) is 0.550. The maximum atomic E-state index is 12.8. The minimum atomic E-state index is -0.444. The lowest BCUT2D eigenvalue weighted by atomic mass is 9.99. The molecule has 0 spiro atoms. The topological polar surface area (TPSA) is 84.7 Å². The van der Waals surface area contributed by atoms with Crippen molar-refractivity contribution in [3.63, 3.8) is 0 Å². The minimum absolute atomic E-state index is 0.142. The van der Waals surface area contributed by atoms with Crippen LogP contribution in [0.1, 0.15) is 29.6 Å². The van der Waals surface area contributed by atoms with Gasteiger partial charge in [-0.15, -0.1) is 0 Å². The predicted octanol–water partition coefficient (Wildman–Crippen LogP) is 1.02. The van der Waals surface area contributed by atoms with Crippen LogP contribution >= 0.6 is 0 Å². The van der Waals surface area contributed by atoms with Crippen molar-refractivity contribution in [1.82, 2.24) is 10.2 Å². The molecule has 0 aliphatic carbocycles. The first-order valence-corrected chi connectivity index (χ1v) is 7.05. The van der Waals surface area contributed by atoms with Crippen molar-refractivity contribution in [3.8, 4) is 5.75 Å². The molecule has 0 bridgehead atoms. The number of rotatable bonds is 3. The molecule has 1 unspecified atom stereocenters. The number of nitrogens with two attached hydrogens (primary N) is 1. The Morgan fingerprint density at radius 3 is 2.81 bits per heavy atom. The van der Waals surface area contributed by atoms with Gasteiger partial charge in [0.05, 0.1) is 7.11 Å². The molecule has 2 rings (SSSR count). The average Bonchev–Trinajstić information content (AvgIpc) is 2.53. The van der Waals surface area contributed by atoms with Gasteiger partial charge in [0.1, 0.15) is 17.4 Å². The fraction of sp³-hybridized carbons (Fsp3) is 0.467. The fourth-order valence-electron chi connectivity index (χ4n) is 2.70. The van der Waals surface area contributed by atoms with Crippen molar-refractivity contribution in [1.29, 1.82) is 0 Å². The number of ether oxygens (including phenoxy) is 1. The highest BCUT2D eigenvalue weighted by atomic mass is 16.5. The van der Waals surface area contributed by atoms with Gasteiger partial charge in [0.15, 0.2) is 0 Å². The number of methoxy groups -OCH3 is 1. The Morgan fingerprint density at radius 2 is 2.14 bits per heavy atom. The number of nitrogen functional groups attached to an aromatic ring is 1. The molecule has 0 radical (unpaired) electrons. The van der Waals surface area contributed by atoms with Crippen LogP contribution in [0.15, 0.2) is 18.2 Å². The number of hydrogen-bond donors (Lipinski definition) is 2. The minimum Gasteiger partial charge on any atom is -0.496 e. The first kappa shape index (κ1) is 15.2. The summed E-state index contributed by atoms with van der Waals surface area (Å²) < 4.78 is 5.23. The van der Waals surface area contributed by atoms with E-state index in [0.717, 1.165) is 12.8 Å². The molecule has 21 heavy (non-hydrogen) atoms. The van der Waals surface area contributed by atoms with E-state index >= 15 is 0 Å². The Labute approximate surface area is 124 Å². The Bertz CT molecular complexity index is 545. The second-order valence-corrected chi connectivity index (χ2v) is 5.05. The van der Waals surface area contributed by atoms with Crippen molar-refractivity contribution < 1.29 is 14.3 Å². The summed E-state index contributed by atoms with van der Waals surface area (Å²) in [4.78, 5) is 26.4. The van der Waals surface area contributed by atoms with Gasteiger partial charge in [0.25, 0.3) is 5.91 Å². The smallest absolute Gasteiger partial charge is 0.260 e. The Morgan fingerprint density at radius 1 is 1.38 bits per heavy atom. The molecule has 1 fully saturated rings. The normalized spacial score (nSPS) is 18.2. The van der Waals surface area contributed by atoms with E-state index in [9.17, 15) is 9.59 Å². The molecule has 0 aromatic heterocycles. The number of nitrogens with zero attached hydrogens (tertiary/aromatic N) is 1. The van der Waals surface area contributed by atoms with Crippen LogP contribution in [0.25, 0.3) is 0 Å². The fourth-order valence-corrected chi connectivity index (χ4v) is 2.70. The zero-order valence-corrected chi connectivity index (χ0v) is 12.4. The Hall–Kier alpha value is -2.24. The summed E-state index contributed by atoms with van der Waals surface area (Å²) in [5, 5.41) is 2.62. The van der Waals surface area contributed by atoms with E-state index in [1.165, 1.54) is 7.11 Å². The van der Waals surface area contributed by atoms with Crippen LogP contribution < -0.4 is 15.8 Å². The van der Waals surface area contributed by atoms with E-state index < -0.39 is 6.04 Å². The summed E-state index contributed by atoms with van der Waals surface area (Å²) in [5.74, 6) is 0.0380. The summed E-state index contributed by atoms with van der Waals surface area (Å²) >= 11 is 0. The number of likely N-dealkylation sites (N-methyl/N-ethyl adjacent to an activating group) is 1. The molecule has 1 saturated heterocycles. The number of anilines is 1. The van der Waals surface area contributed by atoms with Crippen LogP contribution in [0.3, 0.4) is 0 Å². The Kier molecular flexibility index (Phi) is 4.67. The number of likely N-dealkylation sites (tertiary alicyclic amines) is 1. The predicted molar refractivity (Wildman–Crippen MR) is 80.1 cm³/mol. The third kappa shape index (κ3) is 2.94. The van der Waals surface area contributed by atoms with E-state index in [1.54, 1.807) is 30.1 Å². The first-order chi connectivity index (χ1) is 10.1. The molecule has 6 heteroatoms. The number of piperidine rings is 1. The highest BCUT2D eigenvalue weighted by Gasteiger charge is 2.33. The molecule has 3 N–H and O–H groups in total. The van der Waals surface area contributed by atoms with Crippen molar-refractivity contribution >= 4 is 17.5 Å². The van der Waals surface area contributed by atoms with Crippen molar-refractivity contribution in [3.05, 3.63) is 23.8 Å². The monoisotopic (exact) mass is 291 g/mol. The number of hydrogen-bond acceptors (Lipinski definition) is 4. The van der Waals surface area contributed by atoms with Gasteiger partial charge in [0.2, 0.25) is 5.91 Å². The molecule has 6 nitrogen and oxygen atoms in total. The average molecular weight is 291 g/mol. The third-order valence-corrected chi connectivity index (χ3v) is 3.80. The lowest BCUT2D eigenvalue weighted by Gasteiger charge is -2.35. The van der Waals surface area contributed by atoms with Gasteiger partial charge in [-0.25, -0.2) is 0 Å². The third-order valence-electron chi connectivity index (χ3n) is 3.80. The first-order valence-electron chi connectivity index (χ1n) is 7.05. The van der Waals surface area contributed by atoms with Gasteiger partial charge >= 0.3 is 0 Å². The van der Waals surface area contributed by atoms with Gasteiger partial charge in [-0.2, -0.15) is 0 Å². The second-order valence-electron chi connectivity index (χ2n) is 5.05. The lowest BCUT2D eigenvalue weighted by molar-refractivity contribution is -0.126. The standard InChI is InChI=1S/C15H21N3O3/c1-17-14(19)11-7-3-4-9-18(11)15(20)13-10(16)6-5-8-12(13)21-2/h5-6,8,11H,3-4,7,9,16H2,1-2H3,(H,17,19). The number of nitrogens with one attached hydrogen (secondary N) is 1.